The Morgan fingerprint density at radius 2 is 2.00 bits per heavy atom. The van der Waals surface area contributed by atoms with Gasteiger partial charge in [-0.05, 0) is 37.8 Å². The number of ether oxygens (including phenoxy) is 2. The number of H-pyrrole nitrogens is 1. The maximum Gasteiger partial charge on any atom is 0.171 e. The van der Waals surface area contributed by atoms with Gasteiger partial charge >= 0.3 is 0 Å². The van der Waals surface area contributed by atoms with Crippen LogP contribution in [-0.2, 0) is 0 Å². The van der Waals surface area contributed by atoms with Gasteiger partial charge in [-0.1, -0.05) is 0 Å². The van der Waals surface area contributed by atoms with E-state index >= 15 is 0 Å². The van der Waals surface area contributed by atoms with E-state index in [1.165, 1.54) is 0 Å². The van der Waals surface area contributed by atoms with Crippen molar-refractivity contribution >= 4 is 23.3 Å². The number of nitrogens with two attached hydrogens (primary N) is 1. The normalized spacial score (nSPS) is 22.3. The zero-order valence-corrected chi connectivity index (χ0v) is 12.3. The lowest BCUT2D eigenvalue weighted by atomic mass is 9.94. The molecule has 1 saturated carbocycles. The van der Waals surface area contributed by atoms with Crippen molar-refractivity contribution < 1.29 is 9.47 Å². The first kappa shape index (κ1) is 14.9. The molecule has 1 aromatic heterocycles. The second kappa shape index (κ2) is 6.33. The maximum absolute atomic E-state index is 6.08. The van der Waals surface area contributed by atoms with Crippen LogP contribution in [0.5, 0.6) is 11.5 Å². The van der Waals surface area contributed by atoms with Gasteiger partial charge in [-0.25, -0.2) is 0 Å². The molecule has 6 heteroatoms. The van der Waals surface area contributed by atoms with E-state index in [0.29, 0.717) is 6.04 Å². The summed E-state index contributed by atoms with van der Waals surface area (Å²) < 4.78 is 11.6. The molecule has 2 aromatic rings. The highest BCUT2D eigenvalue weighted by molar-refractivity contribution is 5.87. The molecule has 20 heavy (non-hydrogen) atoms. The number of nitrogens with one attached hydrogen (secondary N) is 1. The fraction of sp³-hybridized carbons (Fsp3) is 0.500. The van der Waals surface area contributed by atoms with Crippen molar-refractivity contribution in [2.24, 2.45) is 5.73 Å². The summed E-state index contributed by atoms with van der Waals surface area (Å²) in [6.07, 6.45) is 6.07. The van der Waals surface area contributed by atoms with Crippen LogP contribution in [-0.4, -0.2) is 29.5 Å². The molecule has 1 aliphatic rings. The number of nitrogens with zero attached hydrogens (tertiary/aromatic N) is 1. The quantitative estimate of drug-likeness (QED) is 0.913. The average Bonchev–Trinajstić information content (AvgIpc) is 2.89. The van der Waals surface area contributed by atoms with Gasteiger partial charge < -0.3 is 15.2 Å². The molecule has 0 unspecified atom stereocenters. The Bertz CT molecular complexity index is 565. The van der Waals surface area contributed by atoms with Crippen molar-refractivity contribution in [2.75, 3.05) is 7.11 Å². The van der Waals surface area contributed by atoms with Crippen LogP contribution in [0.4, 0.5) is 0 Å². The van der Waals surface area contributed by atoms with Gasteiger partial charge in [-0.15, -0.1) is 12.4 Å². The van der Waals surface area contributed by atoms with Crippen LogP contribution < -0.4 is 15.2 Å². The highest BCUT2D eigenvalue weighted by Crippen LogP contribution is 2.36. The van der Waals surface area contributed by atoms with Crippen LogP contribution in [0, 0.1) is 0 Å². The van der Waals surface area contributed by atoms with Crippen molar-refractivity contribution in [1.82, 2.24) is 10.2 Å². The number of hydrogen-bond donors (Lipinski definition) is 2. The number of hydrogen-bond acceptors (Lipinski definition) is 4. The monoisotopic (exact) mass is 297 g/mol. The van der Waals surface area contributed by atoms with Gasteiger partial charge in [-0.3, -0.25) is 5.10 Å². The predicted octanol–water partition coefficient (Wildman–Crippen LogP) is 2.64. The molecule has 1 aliphatic carbocycles. The molecule has 110 valence electrons. The molecule has 1 fully saturated rings. The second-order valence-electron chi connectivity index (χ2n) is 5.08. The number of rotatable bonds is 3. The molecule has 0 amide bonds. The highest BCUT2D eigenvalue weighted by atomic mass is 35.5. The number of fused-ring (bicyclic) bond motifs is 1. The van der Waals surface area contributed by atoms with E-state index in [1.54, 1.807) is 13.3 Å². The number of methoxy groups -OCH3 is 1. The Morgan fingerprint density at radius 1 is 1.25 bits per heavy atom. The summed E-state index contributed by atoms with van der Waals surface area (Å²) in [5, 5.41) is 7.91. The van der Waals surface area contributed by atoms with E-state index in [9.17, 15) is 0 Å². The third-order valence-corrected chi connectivity index (χ3v) is 3.76. The van der Waals surface area contributed by atoms with Crippen molar-refractivity contribution in [3.8, 4) is 11.5 Å². The summed E-state index contributed by atoms with van der Waals surface area (Å²) in [5.74, 6) is 1.54. The summed E-state index contributed by atoms with van der Waals surface area (Å²) >= 11 is 0. The molecule has 3 N–H and O–H groups in total. The topological polar surface area (TPSA) is 73.2 Å². The maximum atomic E-state index is 6.08. The summed E-state index contributed by atoms with van der Waals surface area (Å²) in [4.78, 5) is 0. The number of aromatic amines is 1. The zero-order chi connectivity index (χ0) is 13.2. The van der Waals surface area contributed by atoms with E-state index in [2.05, 4.69) is 10.2 Å². The molecule has 3 rings (SSSR count). The van der Waals surface area contributed by atoms with E-state index in [0.717, 1.165) is 48.1 Å². The molecule has 0 atom stereocenters. The minimum Gasteiger partial charge on any atom is -0.492 e. The zero-order valence-electron chi connectivity index (χ0n) is 11.5. The van der Waals surface area contributed by atoms with E-state index in [4.69, 9.17) is 15.2 Å². The minimum atomic E-state index is 0. The fourth-order valence-electron chi connectivity index (χ4n) is 2.66. The lowest BCUT2D eigenvalue weighted by Crippen LogP contribution is -2.31. The van der Waals surface area contributed by atoms with Crippen LogP contribution in [0.2, 0.25) is 0 Å². The molecule has 1 aromatic carbocycles. The molecule has 0 radical (unpaired) electrons. The number of benzene rings is 1. The van der Waals surface area contributed by atoms with E-state index in [-0.39, 0.29) is 18.5 Å². The van der Waals surface area contributed by atoms with E-state index in [1.807, 2.05) is 12.1 Å². The van der Waals surface area contributed by atoms with Gasteiger partial charge in [0.15, 0.2) is 11.5 Å². The molecule has 5 nitrogen and oxygen atoms in total. The van der Waals surface area contributed by atoms with Crippen molar-refractivity contribution in [3.05, 3.63) is 18.3 Å². The smallest absolute Gasteiger partial charge is 0.171 e. The van der Waals surface area contributed by atoms with Gasteiger partial charge in [0, 0.05) is 6.04 Å². The van der Waals surface area contributed by atoms with Gasteiger partial charge in [-0.2, -0.15) is 5.10 Å². The van der Waals surface area contributed by atoms with Gasteiger partial charge in [0.2, 0.25) is 0 Å². The molecular weight excluding hydrogens is 278 g/mol. The summed E-state index contributed by atoms with van der Waals surface area (Å²) in [7, 11) is 1.66. The fourth-order valence-corrected chi connectivity index (χ4v) is 2.66. The van der Waals surface area contributed by atoms with Crippen molar-refractivity contribution in [3.63, 3.8) is 0 Å². The molecule has 0 saturated heterocycles. The molecule has 0 aliphatic heterocycles. The first-order valence-electron chi connectivity index (χ1n) is 6.70. The third kappa shape index (κ3) is 2.83. The SMILES string of the molecule is COc1c(OC2CCC(N)CC2)ccc2[nH]ncc12.Cl. The lowest BCUT2D eigenvalue weighted by molar-refractivity contribution is 0.142. The number of aromatic nitrogens is 2. The lowest BCUT2D eigenvalue weighted by Gasteiger charge is -2.27. The molecular formula is C14H20ClN3O2. The van der Waals surface area contributed by atoms with Crippen LogP contribution in [0.1, 0.15) is 25.7 Å². The Kier molecular flexibility index (Phi) is 4.73. The third-order valence-electron chi connectivity index (χ3n) is 3.76. The minimum absolute atomic E-state index is 0. The summed E-state index contributed by atoms with van der Waals surface area (Å²) in [6.45, 7) is 0. The Morgan fingerprint density at radius 3 is 2.70 bits per heavy atom. The average molecular weight is 298 g/mol. The number of halogens is 1. The van der Waals surface area contributed by atoms with Crippen molar-refractivity contribution in [2.45, 2.75) is 37.8 Å². The van der Waals surface area contributed by atoms with Crippen LogP contribution in [0.15, 0.2) is 18.3 Å². The van der Waals surface area contributed by atoms with Gasteiger partial charge in [0.1, 0.15) is 0 Å². The molecule has 1 heterocycles. The molecule has 0 spiro atoms. The van der Waals surface area contributed by atoms with E-state index < -0.39 is 0 Å². The second-order valence-corrected chi connectivity index (χ2v) is 5.08. The first-order chi connectivity index (χ1) is 9.28. The Balaban J connectivity index is 0.00000147. The molecule has 0 bridgehead atoms. The van der Waals surface area contributed by atoms with Crippen molar-refractivity contribution in [1.29, 1.82) is 0 Å². The Labute approximate surface area is 124 Å². The van der Waals surface area contributed by atoms with Gasteiger partial charge in [0.05, 0.1) is 30.3 Å². The van der Waals surface area contributed by atoms with Crippen LogP contribution >= 0.6 is 12.4 Å². The highest BCUT2D eigenvalue weighted by Gasteiger charge is 2.21. The summed E-state index contributed by atoms with van der Waals surface area (Å²) in [5.41, 5.74) is 6.87. The standard InChI is InChI=1S/C14H19N3O2.ClH/c1-18-14-11-8-16-17-12(11)6-7-13(14)19-10-4-2-9(15)3-5-10;/h6-10H,2-5,15H2,1H3,(H,16,17);1H. The van der Waals surface area contributed by atoms with Gasteiger partial charge in [0.25, 0.3) is 0 Å². The Hall–Kier alpha value is -1.46. The first-order valence-corrected chi connectivity index (χ1v) is 6.70. The van der Waals surface area contributed by atoms with Crippen LogP contribution in [0.25, 0.3) is 10.9 Å². The predicted molar refractivity (Wildman–Crippen MR) is 80.8 cm³/mol. The largest absolute Gasteiger partial charge is 0.492 e. The summed E-state index contributed by atoms with van der Waals surface area (Å²) in [6, 6.07) is 4.24. The van der Waals surface area contributed by atoms with Crippen LogP contribution in [0.3, 0.4) is 0 Å².